The number of furan rings is 1. The van der Waals surface area contributed by atoms with E-state index in [2.05, 4.69) is 5.32 Å². The molecule has 24 heavy (non-hydrogen) atoms. The van der Waals surface area contributed by atoms with Crippen molar-refractivity contribution in [2.45, 2.75) is 19.1 Å². The van der Waals surface area contributed by atoms with Crippen LogP contribution in [0.4, 0.5) is 0 Å². The van der Waals surface area contributed by atoms with Gasteiger partial charge in [-0.25, -0.2) is 0 Å². The Bertz CT molecular complexity index is 910. The van der Waals surface area contributed by atoms with Gasteiger partial charge in [0, 0.05) is 17.6 Å². The first-order valence-corrected chi connectivity index (χ1v) is 7.59. The SMILES string of the molecule is CC(O)(CNC(=O)Cn1ccc(=O)c2ccccc21)c1ccco1. The van der Waals surface area contributed by atoms with Crippen LogP contribution in [-0.4, -0.2) is 22.1 Å². The average molecular weight is 326 g/mol. The molecule has 0 aliphatic carbocycles. The molecule has 124 valence electrons. The topological polar surface area (TPSA) is 84.5 Å². The van der Waals surface area contributed by atoms with E-state index < -0.39 is 5.60 Å². The molecule has 1 atom stereocenters. The maximum atomic E-state index is 12.2. The predicted molar refractivity (Wildman–Crippen MR) is 89.5 cm³/mol. The number of benzene rings is 1. The number of para-hydroxylation sites is 1. The van der Waals surface area contributed by atoms with Crippen LogP contribution in [0, 0.1) is 0 Å². The molecule has 0 bridgehead atoms. The highest BCUT2D eigenvalue weighted by molar-refractivity contribution is 5.82. The van der Waals surface area contributed by atoms with Gasteiger partial charge >= 0.3 is 0 Å². The minimum absolute atomic E-state index is 0.0253. The Hall–Kier alpha value is -2.86. The van der Waals surface area contributed by atoms with Crippen molar-refractivity contribution in [3.8, 4) is 0 Å². The number of nitrogens with zero attached hydrogens (tertiary/aromatic N) is 1. The molecular weight excluding hydrogens is 308 g/mol. The van der Waals surface area contributed by atoms with Gasteiger partial charge in [-0.1, -0.05) is 12.1 Å². The van der Waals surface area contributed by atoms with Gasteiger partial charge in [-0.05, 0) is 31.2 Å². The summed E-state index contributed by atoms with van der Waals surface area (Å²) in [7, 11) is 0. The smallest absolute Gasteiger partial charge is 0.240 e. The zero-order valence-electron chi connectivity index (χ0n) is 13.2. The van der Waals surface area contributed by atoms with Crippen molar-refractivity contribution in [1.82, 2.24) is 9.88 Å². The molecule has 0 radical (unpaired) electrons. The molecule has 0 saturated carbocycles. The van der Waals surface area contributed by atoms with Crippen molar-refractivity contribution in [3.63, 3.8) is 0 Å². The molecule has 1 unspecified atom stereocenters. The molecule has 0 aliphatic rings. The van der Waals surface area contributed by atoms with Gasteiger partial charge in [-0.2, -0.15) is 0 Å². The third kappa shape index (κ3) is 3.23. The Labute approximate surface area is 138 Å². The van der Waals surface area contributed by atoms with Gasteiger partial charge in [-0.3, -0.25) is 9.59 Å². The molecule has 6 heteroatoms. The number of pyridine rings is 1. The lowest BCUT2D eigenvalue weighted by atomic mass is 10.0. The van der Waals surface area contributed by atoms with E-state index in [9.17, 15) is 14.7 Å². The van der Waals surface area contributed by atoms with Crippen molar-refractivity contribution in [2.75, 3.05) is 6.54 Å². The number of hydrogen-bond acceptors (Lipinski definition) is 4. The van der Waals surface area contributed by atoms with Crippen LogP contribution < -0.4 is 10.7 Å². The molecule has 6 nitrogen and oxygen atoms in total. The van der Waals surface area contributed by atoms with Gasteiger partial charge in [-0.15, -0.1) is 0 Å². The van der Waals surface area contributed by atoms with Gasteiger partial charge in [0.2, 0.25) is 5.91 Å². The molecule has 0 fully saturated rings. The highest BCUT2D eigenvalue weighted by Crippen LogP contribution is 2.19. The number of amides is 1. The van der Waals surface area contributed by atoms with Crippen molar-refractivity contribution in [2.24, 2.45) is 0 Å². The van der Waals surface area contributed by atoms with Crippen LogP contribution in [-0.2, 0) is 16.9 Å². The standard InChI is InChI=1S/C18H18N2O4/c1-18(23,16-7-4-10-24-16)12-19-17(22)11-20-9-8-15(21)13-5-2-3-6-14(13)20/h2-10,23H,11-12H2,1H3,(H,19,22). The molecule has 0 saturated heterocycles. The summed E-state index contributed by atoms with van der Waals surface area (Å²) in [5.74, 6) is 0.118. The Morgan fingerprint density at radius 2 is 2.04 bits per heavy atom. The lowest BCUT2D eigenvalue weighted by molar-refractivity contribution is -0.123. The van der Waals surface area contributed by atoms with E-state index in [1.165, 1.54) is 12.3 Å². The Balaban J connectivity index is 1.72. The summed E-state index contributed by atoms with van der Waals surface area (Å²) in [5, 5.41) is 13.6. The molecule has 2 heterocycles. The van der Waals surface area contributed by atoms with Crippen molar-refractivity contribution in [3.05, 3.63) is 70.9 Å². The van der Waals surface area contributed by atoms with Crippen LogP contribution in [0.15, 0.2) is 64.1 Å². The monoisotopic (exact) mass is 326 g/mol. The van der Waals surface area contributed by atoms with Crippen LogP contribution in [0.5, 0.6) is 0 Å². The molecular formula is C18H18N2O4. The Morgan fingerprint density at radius 3 is 2.79 bits per heavy atom. The largest absolute Gasteiger partial charge is 0.466 e. The molecule has 2 N–H and O–H groups in total. The van der Waals surface area contributed by atoms with E-state index in [0.29, 0.717) is 16.7 Å². The van der Waals surface area contributed by atoms with Gasteiger partial charge in [0.05, 0.1) is 18.3 Å². The van der Waals surface area contributed by atoms with Gasteiger partial charge in [0.15, 0.2) is 5.43 Å². The quantitative estimate of drug-likeness (QED) is 0.746. The highest BCUT2D eigenvalue weighted by Gasteiger charge is 2.26. The van der Waals surface area contributed by atoms with Gasteiger partial charge in [0.1, 0.15) is 17.9 Å². The van der Waals surface area contributed by atoms with E-state index in [1.807, 2.05) is 6.07 Å². The Kier molecular flexibility index (Phi) is 4.22. The lowest BCUT2D eigenvalue weighted by Crippen LogP contribution is -2.39. The zero-order chi connectivity index (χ0) is 17.2. The fraction of sp³-hybridized carbons (Fsp3) is 0.222. The van der Waals surface area contributed by atoms with Crippen LogP contribution in [0.25, 0.3) is 10.9 Å². The maximum absolute atomic E-state index is 12.2. The number of hydrogen-bond donors (Lipinski definition) is 2. The summed E-state index contributed by atoms with van der Waals surface area (Å²) in [5.41, 5.74) is -0.675. The summed E-state index contributed by atoms with van der Waals surface area (Å²) in [6.07, 6.45) is 3.06. The third-order valence-electron chi connectivity index (χ3n) is 3.88. The average Bonchev–Trinajstić information content (AvgIpc) is 3.11. The second-order valence-electron chi connectivity index (χ2n) is 5.85. The van der Waals surface area contributed by atoms with E-state index in [1.54, 1.807) is 48.0 Å². The van der Waals surface area contributed by atoms with E-state index in [-0.39, 0.29) is 24.4 Å². The number of rotatable bonds is 5. The minimum Gasteiger partial charge on any atom is -0.466 e. The first-order valence-electron chi connectivity index (χ1n) is 7.59. The zero-order valence-corrected chi connectivity index (χ0v) is 13.2. The van der Waals surface area contributed by atoms with Gasteiger partial charge < -0.3 is 19.4 Å². The second kappa shape index (κ2) is 6.33. The predicted octanol–water partition coefficient (Wildman–Crippen LogP) is 1.62. The minimum atomic E-state index is -1.29. The summed E-state index contributed by atoms with van der Waals surface area (Å²) in [4.78, 5) is 24.1. The van der Waals surface area contributed by atoms with E-state index in [4.69, 9.17) is 4.42 Å². The molecule has 0 spiro atoms. The van der Waals surface area contributed by atoms with Crippen molar-refractivity contribution in [1.29, 1.82) is 0 Å². The number of carbonyl (C=O) groups is 1. The molecule has 3 aromatic rings. The fourth-order valence-corrected chi connectivity index (χ4v) is 2.55. The fourth-order valence-electron chi connectivity index (χ4n) is 2.55. The molecule has 3 rings (SSSR count). The van der Waals surface area contributed by atoms with Crippen molar-refractivity contribution >= 4 is 16.8 Å². The summed E-state index contributed by atoms with van der Waals surface area (Å²) in [6.45, 7) is 1.65. The molecule has 1 amide bonds. The highest BCUT2D eigenvalue weighted by atomic mass is 16.4. The van der Waals surface area contributed by atoms with Crippen LogP contribution in [0.2, 0.25) is 0 Å². The number of fused-ring (bicyclic) bond motifs is 1. The summed E-state index contributed by atoms with van der Waals surface area (Å²) < 4.78 is 6.88. The first-order chi connectivity index (χ1) is 11.5. The Morgan fingerprint density at radius 1 is 1.25 bits per heavy atom. The number of nitrogens with one attached hydrogen (secondary N) is 1. The second-order valence-corrected chi connectivity index (χ2v) is 5.85. The first kappa shape index (κ1) is 16.0. The number of carbonyl (C=O) groups excluding carboxylic acids is 1. The molecule has 1 aromatic carbocycles. The number of aliphatic hydroxyl groups is 1. The normalized spacial score (nSPS) is 13.6. The summed E-state index contributed by atoms with van der Waals surface area (Å²) in [6, 6.07) is 11.9. The lowest BCUT2D eigenvalue weighted by Gasteiger charge is -2.21. The van der Waals surface area contributed by atoms with E-state index >= 15 is 0 Å². The van der Waals surface area contributed by atoms with Crippen LogP contribution >= 0.6 is 0 Å². The van der Waals surface area contributed by atoms with Crippen LogP contribution in [0.1, 0.15) is 12.7 Å². The maximum Gasteiger partial charge on any atom is 0.240 e. The van der Waals surface area contributed by atoms with Crippen LogP contribution in [0.3, 0.4) is 0 Å². The van der Waals surface area contributed by atoms with Gasteiger partial charge in [0.25, 0.3) is 0 Å². The van der Waals surface area contributed by atoms with Crippen molar-refractivity contribution < 1.29 is 14.3 Å². The molecule has 2 aromatic heterocycles. The number of aromatic nitrogens is 1. The van der Waals surface area contributed by atoms with E-state index in [0.717, 1.165) is 0 Å². The molecule has 0 aliphatic heterocycles. The summed E-state index contributed by atoms with van der Waals surface area (Å²) >= 11 is 0. The third-order valence-corrected chi connectivity index (χ3v) is 3.88.